The average Bonchev–Trinajstić information content (AvgIpc) is 3.33. The quantitative estimate of drug-likeness (QED) is 0.705. The van der Waals surface area contributed by atoms with E-state index >= 15 is 0 Å². The maximum Gasteiger partial charge on any atom is 0.265 e. The molecule has 1 aromatic carbocycles. The first kappa shape index (κ1) is 19.3. The molecule has 0 bridgehead atoms. The highest BCUT2D eigenvalue weighted by Crippen LogP contribution is 2.30. The van der Waals surface area contributed by atoms with E-state index in [0.717, 1.165) is 16.3 Å². The van der Waals surface area contributed by atoms with E-state index in [1.807, 2.05) is 42.2 Å². The van der Waals surface area contributed by atoms with Crippen LogP contribution in [-0.2, 0) is 4.79 Å². The molecule has 0 aliphatic carbocycles. The molecule has 2 aromatic heterocycles. The molecule has 3 aromatic rings. The molecule has 150 valence electrons. The van der Waals surface area contributed by atoms with Crippen LogP contribution in [0, 0.1) is 19.8 Å². The van der Waals surface area contributed by atoms with Crippen LogP contribution in [0.3, 0.4) is 0 Å². The fourth-order valence-corrected chi connectivity index (χ4v) is 4.48. The van der Waals surface area contributed by atoms with Crippen LogP contribution in [0.15, 0.2) is 40.9 Å². The molecule has 1 fully saturated rings. The number of carbonyl (C=O) groups excluding carboxylic acids is 2. The average molecular weight is 410 g/mol. The second-order valence-electron chi connectivity index (χ2n) is 7.18. The number of hydrogen-bond donors (Lipinski definition) is 1. The van der Waals surface area contributed by atoms with Gasteiger partial charge in [0.15, 0.2) is 5.82 Å². The second-order valence-corrected chi connectivity index (χ2v) is 8.18. The minimum absolute atomic E-state index is 0.00633. The number of carbonyl (C=O) groups is 2. The van der Waals surface area contributed by atoms with Gasteiger partial charge in [0.1, 0.15) is 15.6 Å². The van der Waals surface area contributed by atoms with E-state index in [0.29, 0.717) is 42.4 Å². The van der Waals surface area contributed by atoms with E-state index in [9.17, 15) is 9.59 Å². The summed E-state index contributed by atoms with van der Waals surface area (Å²) in [7, 11) is 0. The van der Waals surface area contributed by atoms with E-state index < -0.39 is 0 Å². The summed E-state index contributed by atoms with van der Waals surface area (Å²) in [4.78, 5) is 32.5. The van der Waals surface area contributed by atoms with Crippen molar-refractivity contribution in [3.8, 4) is 10.6 Å². The fourth-order valence-electron chi connectivity index (χ4n) is 3.44. The Balaban J connectivity index is 1.38. The lowest BCUT2D eigenvalue weighted by atomic mass is 9.95. The van der Waals surface area contributed by atoms with Crippen LogP contribution in [0.4, 0.5) is 5.82 Å². The lowest BCUT2D eigenvalue weighted by Crippen LogP contribution is -2.41. The number of nitrogens with one attached hydrogen (secondary N) is 1. The zero-order valence-electron chi connectivity index (χ0n) is 16.3. The number of aromatic nitrogens is 2. The highest BCUT2D eigenvalue weighted by Gasteiger charge is 2.30. The van der Waals surface area contributed by atoms with Crippen molar-refractivity contribution < 1.29 is 14.1 Å². The highest BCUT2D eigenvalue weighted by molar-refractivity contribution is 7.17. The highest BCUT2D eigenvalue weighted by atomic mass is 32.1. The molecule has 29 heavy (non-hydrogen) atoms. The molecule has 1 saturated heterocycles. The molecule has 0 unspecified atom stereocenters. The molecule has 4 rings (SSSR count). The van der Waals surface area contributed by atoms with Gasteiger partial charge in [-0.1, -0.05) is 35.5 Å². The van der Waals surface area contributed by atoms with Gasteiger partial charge in [-0.25, -0.2) is 4.98 Å². The van der Waals surface area contributed by atoms with Crippen molar-refractivity contribution >= 4 is 29.0 Å². The summed E-state index contributed by atoms with van der Waals surface area (Å²) in [5.41, 5.74) is 1.76. The Morgan fingerprint density at radius 1 is 1.17 bits per heavy atom. The van der Waals surface area contributed by atoms with Crippen LogP contribution < -0.4 is 5.32 Å². The van der Waals surface area contributed by atoms with Crippen molar-refractivity contribution in [3.63, 3.8) is 0 Å². The minimum atomic E-state index is -0.140. The topological polar surface area (TPSA) is 88.3 Å². The number of piperidine rings is 1. The molecule has 0 saturated carbocycles. The largest absolute Gasteiger partial charge is 0.360 e. The SMILES string of the molecule is Cc1cc(NC(=O)C2CCN(C(=O)c3sc(-c4ccccc4)nc3C)CC2)no1. The first-order valence-corrected chi connectivity index (χ1v) is 10.4. The number of likely N-dealkylation sites (tertiary alicyclic amines) is 1. The molecule has 3 heterocycles. The van der Waals surface area contributed by atoms with Gasteiger partial charge in [0, 0.05) is 30.6 Å². The van der Waals surface area contributed by atoms with Crippen molar-refractivity contribution in [2.75, 3.05) is 18.4 Å². The number of anilines is 1. The number of nitrogens with zero attached hydrogens (tertiary/aromatic N) is 3. The Labute approximate surface area is 172 Å². The van der Waals surface area contributed by atoms with Gasteiger partial charge in [0.05, 0.1) is 5.69 Å². The summed E-state index contributed by atoms with van der Waals surface area (Å²) in [6, 6.07) is 11.6. The summed E-state index contributed by atoms with van der Waals surface area (Å²) >= 11 is 1.43. The predicted molar refractivity (Wildman–Crippen MR) is 111 cm³/mol. The number of hydrogen-bond acceptors (Lipinski definition) is 6. The lowest BCUT2D eigenvalue weighted by Gasteiger charge is -2.31. The third-order valence-electron chi connectivity index (χ3n) is 5.04. The Kier molecular flexibility index (Phi) is 5.44. The van der Waals surface area contributed by atoms with E-state index in [4.69, 9.17) is 4.52 Å². The second kappa shape index (κ2) is 8.16. The van der Waals surface area contributed by atoms with E-state index in [1.54, 1.807) is 13.0 Å². The Hall–Kier alpha value is -3.00. The summed E-state index contributed by atoms with van der Waals surface area (Å²) < 4.78 is 4.97. The summed E-state index contributed by atoms with van der Waals surface area (Å²) in [6.45, 7) is 4.74. The Morgan fingerprint density at radius 2 is 1.90 bits per heavy atom. The predicted octanol–water partition coefficient (Wildman–Crippen LogP) is 3.91. The Bertz CT molecular complexity index is 1020. The van der Waals surface area contributed by atoms with Crippen LogP contribution in [0.5, 0.6) is 0 Å². The van der Waals surface area contributed by atoms with Crippen molar-refractivity contribution in [2.45, 2.75) is 26.7 Å². The molecule has 1 N–H and O–H groups in total. The molecule has 0 spiro atoms. The third-order valence-corrected chi connectivity index (χ3v) is 6.24. The minimum Gasteiger partial charge on any atom is -0.360 e. The van der Waals surface area contributed by atoms with Gasteiger partial charge < -0.3 is 14.7 Å². The first-order chi connectivity index (χ1) is 14.0. The number of benzene rings is 1. The van der Waals surface area contributed by atoms with Gasteiger partial charge in [-0.05, 0) is 26.7 Å². The molecule has 1 aliphatic heterocycles. The standard InChI is InChI=1S/C21H22N4O3S/c1-13-12-17(24-28-13)23-19(26)15-8-10-25(11-9-15)21(27)18-14(2)22-20(29-18)16-6-4-3-5-7-16/h3-7,12,15H,8-11H2,1-2H3,(H,23,24,26). The van der Waals surface area contributed by atoms with Gasteiger partial charge in [-0.3, -0.25) is 9.59 Å². The van der Waals surface area contributed by atoms with Crippen molar-refractivity contribution in [1.82, 2.24) is 15.0 Å². The number of thiazole rings is 1. The van der Waals surface area contributed by atoms with Crippen LogP contribution in [0.25, 0.3) is 10.6 Å². The Morgan fingerprint density at radius 3 is 2.55 bits per heavy atom. The summed E-state index contributed by atoms with van der Waals surface area (Å²) in [5.74, 6) is 0.854. The normalized spacial score (nSPS) is 14.8. The van der Waals surface area contributed by atoms with Gasteiger partial charge in [0.25, 0.3) is 5.91 Å². The van der Waals surface area contributed by atoms with Gasteiger partial charge in [0.2, 0.25) is 5.91 Å². The van der Waals surface area contributed by atoms with Gasteiger partial charge >= 0.3 is 0 Å². The third kappa shape index (κ3) is 4.22. The number of aryl methyl sites for hydroxylation is 2. The van der Waals surface area contributed by atoms with E-state index in [1.165, 1.54) is 11.3 Å². The fraction of sp³-hybridized carbons (Fsp3) is 0.333. The maximum absolute atomic E-state index is 13.0. The molecule has 8 heteroatoms. The summed E-state index contributed by atoms with van der Waals surface area (Å²) in [6.07, 6.45) is 1.25. The monoisotopic (exact) mass is 410 g/mol. The zero-order valence-corrected chi connectivity index (χ0v) is 17.2. The molecular formula is C21H22N4O3S. The molecular weight excluding hydrogens is 388 g/mol. The number of amides is 2. The van der Waals surface area contributed by atoms with Crippen molar-refractivity contribution in [2.24, 2.45) is 5.92 Å². The van der Waals surface area contributed by atoms with Crippen LogP contribution in [-0.4, -0.2) is 39.9 Å². The first-order valence-electron chi connectivity index (χ1n) is 9.57. The molecule has 1 aliphatic rings. The maximum atomic E-state index is 13.0. The van der Waals surface area contributed by atoms with Crippen LogP contribution in [0.1, 0.15) is 34.0 Å². The number of rotatable bonds is 4. The molecule has 0 atom stereocenters. The zero-order chi connectivity index (χ0) is 20.4. The molecule has 7 nitrogen and oxygen atoms in total. The van der Waals surface area contributed by atoms with Crippen molar-refractivity contribution in [1.29, 1.82) is 0 Å². The van der Waals surface area contributed by atoms with Gasteiger partial charge in [-0.2, -0.15) is 0 Å². The van der Waals surface area contributed by atoms with Gasteiger partial charge in [-0.15, -0.1) is 11.3 Å². The smallest absolute Gasteiger partial charge is 0.265 e. The molecule has 0 radical (unpaired) electrons. The lowest BCUT2D eigenvalue weighted by molar-refractivity contribution is -0.121. The van der Waals surface area contributed by atoms with Crippen LogP contribution >= 0.6 is 11.3 Å². The van der Waals surface area contributed by atoms with Crippen molar-refractivity contribution in [3.05, 3.63) is 52.7 Å². The van der Waals surface area contributed by atoms with E-state index in [2.05, 4.69) is 15.5 Å². The summed E-state index contributed by atoms with van der Waals surface area (Å²) in [5, 5.41) is 7.43. The van der Waals surface area contributed by atoms with Crippen LogP contribution in [0.2, 0.25) is 0 Å². The van der Waals surface area contributed by atoms with E-state index in [-0.39, 0.29) is 17.7 Å². The molecule has 2 amide bonds.